The minimum absolute atomic E-state index is 0.115. The Kier molecular flexibility index (Phi) is 12.4. The number of rotatable bonds is 13. The first kappa shape index (κ1) is 28.5. The van der Waals surface area contributed by atoms with Crippen LogP contribution in [0, 0.1) is 0 Å². The van der Waals surface area contributed by atoms with Crippen LogP contribution in [0.4, 0.5) is 0 Å². The Bertz CT molecular complexity index is 654. The van der Waals surface area contributed by atoms with Crippen LogP contribution in [0.15, 0.2) is 0 Å². The molecule has 1 rings (SSSR count). The van der Waals surface area contributed by atoms with Gasteiger partial charge in [-0.1, -0.05) is 26.7 Å². The van der Waals surface area contributed by atoms with Gasteiger partial charge in [0, 0.05) is 20.8 Å². The van der Waals surface area contributed by atoms with Gasteiger partial charge >= 0.3 is 25.7 Å². The van der Waals surface area contributed by atoms with Crippen molar-refractivity contribution in [2.24, 2.45) is 0 Å². The minimum Gasteiger partial charge on any atom is -0.456 e. The highest BCUT2D eigenvalue weighted by Gasteiger charge is 2.53. The molecule has 0 spiro atoms. The van der Waals surface area contributed by atoms with Gasteiger partial charge in [0.05, 0.1) is 19.3 Å². The Balaban J connectivity index is 3.22. The molecule has 1 aliphatic heterocycles. The number of unbranched alkanes of at least 4 members (excludes halogenated alkanes) is 2. The van der Waals surface area contributed by atoms with Gasteiger partial charge < -0.3 is 18.9 Å². The fourth-order valence-electron chi connectivity index (χ4n) is 2.92. The number of carbonyl (C=O) groups is 3. The standard InChI is InChI=1S/C20H35O11P/c1-7-9-11-25-32(24,26-12-10-8-2)31-20-19(30-16(6)23)18(29-15(5)22)17(13(3)27-20)28-14(4)21/h13,17-20H,7-12H2,1-6H3/t13-,17-,18+,19-,20?/m0/s1. The highest BCUT2D eigenvalue weighted by molar-refractivity contribution is 7.48. The molecule has 1 unspecified atom stereocenters. The molecule has 1 aliphatic rings. The zero-order chi connectivity index (χ0) is 24.3. The first-order valence-corrected chi connectivity index (χ1v) is 12.2. The molecular weight excluding hydrogens is 447 g/mol. The third kappa shape index (κ3) is 9.54. The smallest absolute Gasteiger partial charge is 0.456 e. The number of phosphoric acid groups is 1. The van der Waals surface area contributed by atoms with Crippen molar-refractivity contribution in [1.29, 1.82) is 0 Å². The minimum atomic E-state index is -4.13. The summed E-state index contributed by atoms with van der Waals surface area (Å²) in [6.07, 6.45) is -3.28. The third-order valence-electron chi connectivity index (χ3n) is 4.36. The molecule has 0 saturated carbocycles. The van der Waals surface area contributed by atoms with Crippen LogP contribution in [0.25, 0.3) is 0 Å². The summed E-state index contributed by atoms with van der Waals surface area (Å²) in [5.41, 5.74) is 0. The number of esters is 3. The number of ether oxygens (including phenoxy) is 4. The molecule has 11 nitrogen and oxygen atoms in total. The molecule has 0 aliphatic carbocycles. The van der Waals surface area contributed by atoms with E-state index in [-0.39, 0.29) is 13.2 Å². The average molecular weight is 482 g/mol. The monoisotopic (exact) mass is 482 g/mol. The normalized spacial score (nSPS) is 25.8. The third-order valence-corrected chi connectivity index (χ3v) is 5.82. The van der Waals surface area contributed by atoms with E-state index in [1.54, 1.807) is 6.92 Å². The van der Waals surface area contributed by atoms with Gasteiger partial charge in [0.1, 0.15) is 0 Å². The van der Waals surface area contributed by atoms with E-state index in [2.05, 4.69) is 0 Å². The molecule has 0 radical (unpaired) electrons. The van der Waals surface area contributed by atoms with Crippen LogP contribution in [0.1, 0.15) is 67.2 Å². The molecule has 0 aromatic carbocycles. The maximum absolute atomic E-state index is 13.3. The van der Waals surface area contributed by atoms with Crippen molar-refractivity contribution in [3.05, 3.63) is 0 Å². The summed E-state index contributed by atoms with van der Waals surface area (Å²) in [5, 5.41) is 0. The van der Waals surface area contributed by atoms with Crippen LogP contribution in [0.2, 0.25) is 0 Å². The lowest BCUT2D eigenvalue weighted by Gasteiger charge is -2.43. The van der Waals surface area contributed by atoms with Gasteiger partial charge in [0.15, 0.2) is 18.3 Å². The van der Waals surface area contributed by atoms with E-state index in [1.807, 2.05) is 13.8 Å². The quantitative estimate of drug-likeness (QED) is 0.166. The summed E-state index contributed by atoms with van der Waals surface area (Å²) >= 11 is 0. The molecule has 32 heavy (non-hydrogen) atoms. The van der Waals surface area contributed by atoms with E-state index in [1.165, 1.54) is 6.92 Å². The summed E-state index contributed by atoms with van der Waals surface area (Å²) in [5.74, 6) is -2.10. The van der Waals surface area contributed by atoms with Crippen molar-refractivity contribution in [2.45, 2.75) is 97.9 Å². The van der Waals surface area contributed by atoms with Crippen molar-refractivity contribution < 1.29 is 51.5 Å². The molecule has 0 N–H and O–H groups in total. The SMILES string of the molecule is CCCCOP(=O)(OCCCC)OC1O[C@@H](C)[C@H](OC(C)=O)[C@@H](OC(C)=O)[C@@H]1OC(C)=O. The van der Waals surface area contributed by atoms with Crippen LogP contribution in [-0.2, 0) is 51.5 Å². The van der Waals surface area contributed by atoms with Gasteiger partial charge in [-0.25, -0.2) is 4.57 Å². The van der Waals surface area contributed by atoms with Crippen LogP contribution < -0.4 is 0 Å². The maximum Gasteiger partial charge on any atom is 0.477 e. The molecule has 1 saturated heterocycles. The number of phosphoric ester groups is 1. The zero-order valence-corrected chi connectivity index (χ0v) is 20.5. The molecule has 0 aromatic rings. The Morgan fingerprint density at radius 2 is 1.22 bits per heavy atom. The second kappa shape index (κ2) is 13.9. The molecule has 0 bridgehead atoms. The van der Waals surface area contributed by atoms with Gasteiger partial charge in [0.2, 0.25) is 6.29 Å². The fraction of sp³-hybridized carbons (Fsp3) is 0.850. The van der Waals surface area contributed by atoms with Gasteiger partial charge in [0.25, 0.3) is 0 Å². The highest BCUT2D eigenvalue weighted by atomic mass is 31.2. The van der Waals surface area contributed by atoms with Gasteiger partial charge in [-0.05, 0) is 19.8 Å². The molecule has 0 aromatic heterocycles. The van der Waals surface area contributed by atoms with E-state index in [4.69, 9.17) is 32.5 Å². The first-order valence-electron chi connectivity index (χ1n) is 10.8. The average Bonchev–Trinajstić information content (AvgIpc) is 2.67. The van der Waals surface area contributed by atoms with E-state index < -0.39 is 56.4 Å². The van der Waals surface area contributed by atoms with Crippen molar-refractivity contribution in [2.75, 3.05) is 13.2 Å². The lowest BCUT2D eigenvalue weighted by Crippen LogP contribution is -2.61. The van der Waals surface area contributed by atoms with Crippen molar-refractivity contribution >= 4 is 25.7 Å². The maximum atomic E-state index is 13.3. The van der Waals surface area contributed by atoms with Crippen LogP contribution in [-0.4, -0.2) is 61.8 Å². The zero-order valence-electron chi connectivity index (χ0n) is 19.6. The number of hydrogen-bond donors (Lipinski definition) is 0. The van der Waals surface area contributed by atoms with Crippen LogP contribution >= 0.6 is 7.82 Å². The molecule has 1 fully saturated rings. The Hall–Kier alpha value is -1.52. The Morgan fingerprint density at radius 1 is 0.781 bits per heavy atom. The summed E-state index contributed by atoms with van der Waals surface area (Å²) in [6, 6.07) is 0. The molecule has 186 valence electrons. The van der Waals surface area contributed by atoms with Crippen molar-refractivity contribution in [3.63, 3.8) is 0 Å². The first-order chi connectivity index (χ1) is 15.0. The fourth-order valence-corrected chi connectivity index (χ4v) is 4.25. The molecule has 1 heterocycles. The second-order valence-electron chi connectivity index (χ2n) is 7.36. The van der Waals surface area contributed by atoms with Crippen LogP contribution in [0.5, 0.6) is 0 Å². The lowest BCUT2D eigenvalue weighted by molar-refractivity contribution is -0.283. The molecular formula is C20H35O11P. The van der Waals surface area contributed by atoms with Gasteiger partial charge in [-0.15, -0.1) is 0 Å². The van der Waals surface area contributed by atoms with Crippen molar-refractivity contribution in [1.82, 2.24) is 0 Å². The second-order valence-corrected chi connectivity index (χ2v) is 8.98. The lowest BCUT2D eigenvalue weighted by atomic mass is 9.99. The number of hydrogen-bond acceptors (Lipinski definition) is 11. The highest BCUT2D eigenvalue weighted by Crippen LogP contribution is 2.52. The Morgan fingerprint density at radius 3 is 1.66 bits per heavy atom. The summed E-state index contributed by atoms with van der Waals surface area (Å²) in [4.78, 5) is 35.1. The number of carbonyl (C=O) groups excluding carboxylic acids is 3. The van der Waals surface area contributed by atoms with E-state index in [9.17, 15) is 18.9 Å². The predicted octanol–water partition coefficient (Wildman–Crippen LogP) is 3.28. The molecule has 0 amide bonds. The largest absolute Gasteiger partial charge is 0.477 e. The topological polar surface area (TPSA) is 133 Å². The van der Waals surface area contributed by atoms with Crippen molar-refractivity contribution in [3.8, 4) is 0 Å². The van der Waals surface area contributed by atoms with Gasteiger partial charge in [-0.3, -0.25) is 28.0 Å². The van der Waals surface area contributed by atoms with E-state index in [0.29, 0.717) is 12.8 Å². The van der Waals surface area contributed by atoms with E-state index in [0.717, 1.165) is 26.7 Å². The summed E-state index contributed by atoms with van der Waals surface area (Å²) in [7, 11) is -4.13. The van der Waals surface area contributed by atoms with E-state index >= 15 is 0 Å². The molecule has 12 heteroatoms. The molecule has 5 atom stereocenters. The summed E-state index contributed by atoms with van der Waals surface area (Å²) in [6.45, 7) is 9.12. The Labute approximate surface area is 188 Å². The predicted molar refractivity (Wildman–Crippen MR) is 111 cm³/mol. The summed E-state index contributed by atoms with van der Waals surface area (Å²) < 4.78 is 51.3. The van der Waals surface area contributed by atoms with Gasteiger partial charge in [-0.2, -0.15) is 0 Å². The van der Waals surface area contributed by atoms with Crippen LogP contribution in [0.3, 0.4) is 0 Å².